The van der Waals surface area contributed by atoms with Gasteiger partial charge in [-0.2, -0.15) is 0 Å². The van der Waals surface area contributed by atoms with Crippen LogP contribution in [-0.2, 0) is 19.5 Å². The standard InChI is InChI=1S/C19H19N3O4/c1-25-13-5-4-12(16(23)9-13)10-22-7-6-15-14(11-22)19(24)21-18(20-15)17-3-2-8-26-17/h2-5,8-9,23H,6-7,10-11H2,1H3,(H,20,21,24). The third-order valence-electron chi connectivity index (χ3n) is 4.59. The molecule has 0 radical (unpaired) electrons. The van der Waals surface area contributed by atoms with Crippen molar-refractivity contribution < 1.29 is 14.3 Å². The van der Waals surface area contributed by atoms with Crippen molar-refractivity contribution in [3.05, 3.63) is 63.8 Å². The molecule has 0 saturated heterocycles. The van der Waals surface area contributed by atoms with E-state index in [1.807, 2.05) is 12.1 Å². The molecule has 2 N–H and O–H groups in total. The van der Waals surface area contributed by atoms with Crippen molar-refractivity contribution in [2.75, 3.05) is 13.7 Å². The predicted molar refractivity (Wildman–Crippen MR) is 95.0 cm³/mol. The Balaban J connectivity index is 1.56. The molecule has 7 heteroatoms. The Morgan fingerprint density at radius 2 is 2.27 bits per heavy atom. The second-order valence-corrected chi connectivity index (χ2v) is 6.27. The van der Waals surface area contributed by atoms with Gasteiger partial charge in [-0.1, -0.05) is 6.07 Å². The zero-order valence-electron chi connectivity index (χ0n) is 14.4. The summed E-state index contributed by atoms with van der Waals surface area (Å²) in [7, 11) is 1.56. The van der Waals surface area contributed by atoms with E-state index < -0.39 is 0 Å². The molecule has 0 atom stereocenters. The first-order chi connectivity index (χ1) is 12.6. The van der Waals surface area contributed by atoms with Crippen molar-refractivity contribution in [3.63, 3.8) is 0 Å². The normalized spacial score (nSPS) is 14.2. The van der Waals surface area contributed by atoms with Gasteiger partial charge in [0.15, 0.2) is 11.6 Å². The van der Waals surface area contributed by atoms with E-state index in [1.165, 1.54) is 0 Å². The molecule has 0 spiro atoms. The lowest BCUT2D eigenvalue weighted by atomic mass is 10.1. The Labute approximate surface area is 149 Å². The predicted octanol–water partition coefficient (Wildman–Crippen LogP) is 2.30. The van der Waals surface area contributed by atoms with Gasteiger partial charge in [-0.3, -0.25) is 9.69 Å². The van der Waals surface area contributed by atoms with Crippen LogP contribution in [0.5, 0.6) is 11.5 Å². The van der Waals surface area contributed by atoms with Crippen LogP contribution in [0.1, 0.15) is 16.8 Å². The first kappa shape index (κ1) is 16.4. The van der Waals surface area contributed by atoms with Gasteiger partial charge in [0.05, 0.1) is 24.6 Å². The number of hydrogen-bond acceptors (Lipinski definition) is 6. The van der Waals surface area contributed by atoms with E-state index in [4.69, 9.17) is 9.15 Å². The second-order valence-electron chi connectivity index (χ2n) is 6.27. The number of rotatable bonds is 4. The number of benzene rings is 1. The molecule has 0 aliphatic carbocycles. The van der Waals surface area contributed by atoms with Gasteiger partial charge in [0, 0.05) is 37.7 Å². The number of aromatic nitrogens is 2. The van der Waals surface area contributed by atoms with Crippen LogP contribution in [0.2, 0.25) is 0 Å². The van der Waals surface area contributed by atoms with Gasteiger partial charge < -0.3 is 19.2 Å². The molecule has 0 amide bonds. The summed E-state index contributed by atoms with van der Waals surface area (Å²) in [6.45, 7) is 1.79. The first-order valence-electron chi connectivity index (χ1n) is 8.38. The minimum Gasteiger partial charge on any atom is -0.507 e. The summed E-state index contributed by atoms with van der Waals surface area (Å²) in [5.74, 6) is 1.81. The van der Waals surface area contributed by atoms with Gasteiger partial charge >= 0.3 is 0 Å². The van der Waals surface area contributed by atoms with E-state index in [9.17, 15) is 9.90 Å². The fraction of sp³-hybridized carbons (Fsp3) is 0.263. The van der Waals surface area contributed by atoms with E-state index in [2.05, 4.69) is 14.9 Å². The summed E-state index contributed by atoms with van der Waals surface area (Å²) in [6, 6.07) is 8.78. The molecule has 0 saturated carbocycles. The molecule has 0 fully saturated rings. The third-order valence-corrected chi connectivity index (χ3v) is 4.59. The molecule has 3 aromatic rings. The number of fused-ring (bicyclic) bond motifs is 1. The Kier molecular flexibility index (Phi) is 4.22. The van der Waals surface area contributed by atoms with E-state index in [-0.39, 0.29) is 11.3 Å². The molecule has 1 aliphatic heterocycles. The van der Waals surface area contributed by atoms with Gasteiger partial charge in [-0.05, 0) is 18.2 Å². The molecule has 2 aromatic heterocycles. The number of H-pyrrole nitrogens is 1. The molecule has 134 valence electrons. The Bertz CT molecular complexity index is 979. The van der Waals surface area contributed by atoms with Gasteiger partial charge in [0.2, 0.25) is 0 Å². The van der Waals surface area contributed by atoms with Gasteiger partial charge in [-0.15, -0.1) is 0 Å². The molecule has 0 unspecified atom stereocenters. The summed E-state index contributed by atoms with van der Waals surface area (Å²) in [4.78, 5) is 22.0. The highest BCUT2D eigenvalue weighted by Gasteiger charge is 2.22. The topological polar surface area (TPSA) is 91.6 Å². The number of phenols is 1. The zero-order valence-corrected chi connectivity index (χ0v) is 14.4. The number of hydrogen-bond donors (Lipinski definition) is 2. The van der Waals surface area contributed by atoms with E-state index in [0.29, 0.717) is 42.4 Å². The Morgan fingerprint density at radius 3 is 3.00 bits per heavy atom. The summed E-state index contributed by atoms with van der Waals surface area (Å²) < 4.78 is 10.4. The number of nitrogens with one attached hydrogen (secondary N) is 1. The number of ether oxygens (including phenoxy) is 1. The number of aromatic hydroxyl groups is 1. The summed E-state index contributed by atoms with van der Waals surface area (Å²) in [6.07, 6.45) is 2.22. The van der Waals surface area contributed by atoms with Gasteiger partial charge in [0.1, 0.15) is 11.5 Å². The maximum atomic E-state index is 12.5. The van der Waals surface area contributed by atoms with Gasteiger partial charge in [0.25, 0.3) is 5.56 Å². The molecule has 4 rings (SSSR count). The lowest BCUT2D eigenvalue weighted by molar-refractivity contribution is 0.238. The highest BCUT2D eigenvalue weighted by Crippen LogP contribution is 2.26. The summed E-state index contributed by atoms with van der Waals surface area (Å²) in [5, 5.41) is 10.1. The summed E-state index contributed by atoms with van der Waals surface area (Å²) in [5.41, 5.74) is 2.12. The van der Waals surface area contributed by atoms with Crippen molar-refractivity contribution in [3.8, 4) is 23.1 Å². The monoisotopic (exact) mass is 353 g/mol. The maximum absolute atomic E-state index is 12.5. The maximum Gasteiger partial charge on any atom is 0.256 e. The van der Waals surface area contributed by atoms with Crippen LogP contribution in [0, 0.1) is 0 Å². The number of furan rings is 1. The van der Waals surface area contributed by atoms with Crippen molar-refractivity contribution in [1.82, 2.24) is 14.9 Å². The van der Waals surface area contributed by atoms with Crippen LogP contribution < -0.4 is 10.3 Å². The van der Waals surface area contributed by atoms with Crippen LogP contribution in [-0.4, -0.2) is 33.6 Å². The quantitative estimate of drug-likeness (QED) is 0.748. The van der Waals surface area contributed by atoms with E-state index in [1.54, 1.807) is 31.6 Å². The molecule has 1 aromatic carbocycles. The summed E-state index contributed by atoms with van der Waals surface area (Å²) >= 11 is 0. The lowest BCUT2D eigenvalue weighted by Crippen LogP contribution is -2.35. The first-order valence-corrected chi connectivity index (χ1v) is 8.38. The smallest absolute Gasteiger partial charge is 0.256 e. The number of phenolic OH excluding ortho intramolecular Hbond substituents is 1. The van der Waals surface area contributed by atoms with E-state index >= 15 is 0 Å². The molecule has 26 heavy (non-hydrogen) atoms. The average Bonchev–Trinajstić information content (AvgIpc) is 3.18. The molecular formula is C19H19N3O4. The average molecular weight is 353 g/mol. The van der Waals surface area contributed by atoms with Crippen molar-refractivity contribution in [2.45, 2.75) is 19.5 Å². The molecule has 3 heterocycles. The van der Waals surface area contributed by atoms with Gasteiger partial charge in [-0.25, -0.2) is 4.98 Å². The molecule has 0 bridgehead atoms. The SMILES string of the molecule is COc1ccc(CN2CCc3nc(-c4ccco4)[nH]c(=O)c3C2)c(O)c1. The largest absolute Gasteiger partial charge is 0.507 e. The van der Waals surface area contributed by atoms with Crippen LogP contribution in [0.15, 0.2) is 45.8 Å². The van der Waals surface area contributed by atoms with E-state index in [0.717, 1.165) is 17.8 Å². The zero-order chi connectivity index (χ0) is 18.1. The third kappa shape index (κ3) is 3.09. The highest BCUT2D eigenvalue weighted by atomic mass is 16.5. The lowest BCUT2D eigenvalue weighted by Gasteiger charge is -2.27. The minimum atomic E-state index is -0.148. The van der Waals surface area contributed by atoms with Crippen molar-refractivity contribution in [1.29, 1.82) is 0 Å². The number of methoxy groups -OCH3 is 1. The van der Waals surface area contributed by atoms with Crippen molar-refractivity contribution in [2.24, 2.45) is 0 Å². The molecule has 1 aliphatic rings. The second kappa shape index (κ2) is 6.68. The minimum absolute atomic E-state index is 0.148. The fourth-order valence-electron chi connectivity index (χ4n) is 3.19. The fourth-order valence-corrected chi connectivity index (χ4v) is 3.19. The van der Waals surface area contributed by atoms with Crippen LogP contribution in [0.3, 0.4) is 0 Å². The Morgan fingerprint density at radius 1 is 1.38 bits per heavy atom. The molecule has 7 nitrogen and oxygen atoms in total. The van der Waals surface area contributed by atoms with Crippen LogP contribution in [0.25, 0.3) is 11.6 Å². The van der Waals surface area contributed by atoms with Crippen molar-refractivity contribution >= 4 is 0 Å². The Hall–Kier alpha value is -3.06. The van der Waals surface area contributed by atoms with Crippen LogP contribution >= 0.6 is 0 Å². The highest BCUT2D eigenvalue weighted by molar-refractivity contribution is 5.47. The molecular weight excluding hydrogens is 334 g/mol. The number of aromatic amines is 1. The van der Waals surface area contributed by atoms with Crippen LogP contribution in [0.4, 0.5) is 0 Å². The number of nitrogens with zero attached hydrogens (tertiary/aromatic N) is 2.